The Hall–Kier alpha value is -0.650. The van der Waals surface area contributed by atoms with Crippen LogP contribution in [0.5, 0.6) is 0 Å². The molecule has 0 aromatic rings. The van der Waals surface area contributed by atoms with Crippen molar-refractivity contribution in [2.24, 2.45) is 11.3 Å². The van der Waals surface area contributed by atoms with E-state index in [2.05, 4.69) is 0 Å². The molecule has 19 heavy (non-hydrogen) atoms. The van der Waals surface area contributed by atoms with Crippen LogP contribution in [0.15, 0.2) is 0 Å². The molecule has 0 bridgehead atoms. The van der Waals surface area contributed by atoms with E-state index in [4.69, 9.17) is 14.2 Å². The molecular weight excluding hydrogens is 248 g/mol. The summed E-state index contributed by atoms with van der Waals surface area (Å²) in [6, 6.07) is 0. The monoisotopic (exact) mass is 272 g/mol. The number of rotatable bonds is 9. The molecule has 5 heteroatoms. The van der Waals surface area contributed by atoms with Crippen LogP contribution in [0, 0.1) is 11.3 Å². The van der Waals surface area contributed by atoms with E-state index < -0.39 is 11.4 Å². The summed E-state index contributed by atoms with van der Waals surface area (Å²) in [6.45, 7) is 2.32. The zero-order chi connectivity index (χ0) is 13.7. The summed E-state index contributed by atoms with van der Waals surface area (Å²) in [6.07, 6.45) is 4.21. The van der Waals surface area contributed by atoms with E-state index in [0.717, 1.165) is 19.3 Å². The minimum absolute atomic E-state index is 0.0797. The van der Waals surface area contributed by atoms with Crippen molar-refractivity contribution in [3.05, 3.63) is 0 Å². The predicted molar refractivity (Wildman–Crippen MR) is 69.1 cm³/mol. The van der Waals surface area contributed by atoms with Gasteiger partial charge in [0.25, 0.3) is 0 Å². The van der Waals surface area contributed by atoms with Crippen molar-refractivity contribution < 1.29 is 24.1 Å². The van der Waals surface area contributed by atoms with Crippen molar-refractivity contribution in [2.45, 2.75) is 38.2 Å². The van der Waals surface area contributed by atoms with Gasteiger partial charge in [0.2, 0.25) is 0 Å². The third kappa shape index (κ3) is 3.46. The summed E-state index contributed by atoms with van der Waals surface area (Å²) in [7, 11) is 1.64. The molecule has 0 aromatic heterocycles. The van der Waals surface area contributed by atoms with Gasteiger partial charge < -0.3 is 19.3 Å². The van der Waals surface area contributed by atoms with E-state index >= 15 is 0 Å². The first kappa shape index (κ1) is 14.8. The number of carbonyl (C=O) groups is 1. The molecule has 1 heterocycles. The largest absolute Gasteiger partial charge is 0.481 e. The molecule has 110 valence electrons. The van der Waals surface area contributed by atoms with E-state index in [1.165, 1.54) is 0 Å². The van der Waals surface area contributed by atoms with Crippen molar-refractivity contribution in [1.29, 1.82) is 0 Å². The molecule has 2 atom stereocenters. The first-order chi connectivity index (χ1) is 9.20. The highest BCUT2D eigenvalue weighted by molar-refractivity contribution is 5.76. The third-order valence-corrected chi connectivity index (χ3v) is 4.21. The molecule has 2 fully saturated rings. The van der Waals surface area contributed by atoms with Gasteiger partial charge in [0, 0.05) is 20.3 Å². The smallest absolute Gasteiger partial charge is 0.312 e. The fourth-order valence-electron chi connectivity index (χ4n) is 2.99. The van der Waals surface area contributed by atoms with Crippen LogP contribution in [0.2, 0.25) is 0 Å². The minimum atomic E-state index is -0.696. The molecule has 2 unspecified atom stereocenters. The lowest BCUT2D eigenvalue weighted by Crippen LogP contribution is -2.40. The van der Waals surface area contributed by atoms with Crippen LogP contribution in [0.1, 0.15) is 32.1 Å². The van der Waals surface area contributed by atoms with Gasteiger partial charge in [-0.3, -0.25) is 4.79 Å². The van der Waals surface area contributed by atoms with Crippen LogP contribution in [0.25, 0.3) is 0 Å². The number of hydrogen-bond donors (Lipinski definition) is 1. The first-order valence-electron chi connectivity index (χ1n) is 7.12. The zero-order valence-corrected chi connectivity index (χ0v) is 11.6. The fraction of sp³-hybridized carbons (Fsp3) is 0.929. The maximum Gasteiger partial charge on any atom is 0.312 e. The van der Waals surface area contributed by atoms with E-state index in [0.29, 0.717) is 45.2 Å². The van der Waals surface area contributed by atoms with Crippen molar-refractivity contribution in [1.82, 2.24) is 0 Å². The highest BCUT2D eigenvalue weighted by atomic mass is 16.5. The Morgan fingerprint density at radius 1 is 1.37 bits per heavy atom. The second-order valence-corrected chi connectivity index (χ2v) is 5.55. The maximum atomic E-state index is 11.7. The van der Waals surface area contributed by atoms with Crippen LogP contribution in [0.4, 0.5) is 0 Å². The quantitative estimate of drug-likeness (QED) is 0.647. The Morgan fingerprint density at radius 2 is 2.16 bits per heavy atom. The average molecular weight is 272 g/mol. The van der Waals surface area contributed by atoms with Crippen LogP contribution in [-0.2, 0) is 19.0 Å². The standard InChI is InChI=1S/C14H24O5/c1-17-9-10-18-7-2-5-14(13(15)16)6-8-19-12(14)11-3-4-11/h11-12H,2-10H2,1H3,(H,15,16). The van der Waals surface area contributed by atoms with Crippen molar-refractivity contribution >= 4 is 5.97 Å². The van der Waals surface area contributed by atoms with Gasteiger partial charge in [-0.2, -0.15) is 0 Å². The molecule has 5 nitrogen and oxygen atoms in total. The zero-order valence-electron chi connectivity index (χ0n) is 11.6. The number of aliphatic carboxylic acids is 1. The topological polar surface area (TPSA) is 65.0 Å². The van der Waals surface area contributed by atoms with E-state index in [1.54, 1.807) is 7.11 Å². The molecule has 2 aliphatic rings. The van der Waals surface area contributed by atoms with Crippen LogP contribution >= 0.6 is 0 Å². The Kier molecular flexibility index (Phi) is 5.19. The second kappa shape index (κ2) is 6.68. The molecule has 1 aliphatic carbocycles. The van der Waals surface area contributed by atoms with E-state index in [-0.39, 0.29) is 6.10 Å². The van der Waals surface area contributed by atoms with Crippen LogP contribution < -0.4 is 0 Å². The van der Waals surface area contributed by atoms with Gasteiger partial charge >= 0.3 is 5.97 Å². The number of carboxylic acids is 1. The molecule has 1 N–H and O–H groups in total. The van der Waals surface area contributed by atoms with Crippen molar-refractivity contribution in [3.63, 3.8) is 0 Å². The normalized spacial score (nSPS) is 30.7. The lowest BCUT2D eigenvalue weighted by molar-refractivity contribution is -0.154. The van der Waals surface area contributed by atoms with Gasteiger partial charge in [-0.25, -0.2) is 0 Å². The molecule has 1 saturated carbocycles. The summed E-state index contributed by atoms with van der Waals surface area (Å²) >= 11 is 0. The summed E-state index contributed by atoms with van der Waals surface area (Å²) in [5.74, 6) is -0.230. The highest BCUT2D eigenvalue weighted by Gasteiger charge is 2.55. The molecule has 2 rings (SSSR count). The van der Waals surface area contributed by atoms with Gasteiger partial charge in [-0.1, -0.05) is 0 Å². The Balaban J connectivity index is 1.80. The van der Waals surface area contributed by atoms with Gasteiger partial charge in [0.15, 0.2) is 0 Å². The van der Waals surface area contributed by atoms with Crippen LogP contribution in [-0.4, -0.2) is 50.7 Å². The molecular formula is C14H24O5. The maximum absolute atomic E-state index is 11.7. The van der Waals surface area contributed by atoms with Crippen molar-refractivity contribution in [2.75, 3.05) is 33.5 Å². The predicted octanol–water partition coefficient (Wildman–Crippen LogP) is 1.70. The molecule has 1 saturated heterocycles. The van der Waals surface area contributed by atoms with Crippen LogP contribution in [0.3, 0.4) is 0 Å². The first-order valence-corrected chi connectivity index (χ1v) is 7.12. The third-order valence-electron chi connectivity index (χ3n) is 4.21. The SMILES string of the molecule is COCCOCCCC1(C(=O)O)CCOC1C1CC1. The summed E-state index contributed by atoms with van der Waals surface area (Å²) in [5, 5.41) is 9.61. The summed E-state index contributed by atoms with van der Waals surface area (Å²) in [4.78, 5) is 11.7. The van der Waals surface area contributed by atoms with Gasteiger partial charge in [-0.15, -0.1) is 0 Å². The summed E-state index contributed by atoms with van der Waals surface area (Å²) < 4.78 is 16.0. The lowest BCUT2D eigenvalue weighted by atomic mass is 9.75. The molecule has 0 aromatic carbocycles. The summed E-state index contributed by atoms with van der Waals surface area (Å²) in [5.41, 5.74) is -0.675. The minimum Gasteiger partial charge on any atom is -0.481 e. The van der Waals surface area contributed by atoms with E-state index in [1.807, 2.05) is 0 Å². The number of methoxy groups -OCH3 is 1. The van der Waals surface area contributed by atoms with E-state index in [9.17, 15) is 9.90 Å². The molecule has 0 radical (unpaired) electrons. The lowest BCUT2D eigenvalue weighted by Gasteiger charge is -2.29. The van der Waals surface area contributed by atoms with Gasteiger partial charge in [-0.05, 0) is 38.0 Å². The second-order valence-electron chi connectivity index (χ2n) is 5.55. The number of carboxylic acid groups (broad SMARTS) is 1. The number of ether oxygens (including phenoxy) is 3. The molecule has 1 aliphatic heterocycles. The molecule has 0 spiro atoms. The molecule has 0 amide bonds. The van der Waals surface area contributed by atoms with Gasteiger partial charge in [0.1, 0.15) is 0 Å². The van der Waals surface area contributed by atoms with Crippen molar-refractivity contribution in [3.8, 4) is 0 Å². The van der Waals surface area contributed by atoms with Gasteiger partial charge in [0.05, 0.1) is 24.7 Å². The average Bonchev–Trinajstić information content (AvgIpc) is 3.14. The Labute approximate surface area is 114 Å². The Morgan fingerprint density at radius 3 is 2.79 bits per heavy atom. The fourth-order valence-corrected chi connectivity index (χ4v) is 2.99. The highest BCUT2D eigenvalue weighted by Crippen LogP contribution is 2.50. The Bertz CT molecular complexity index is 302. The number of hydrogen-bond acceptors (Lipinski definition) is 4.